The van der Waals surface area contributed by atoms with Crippen LogP contribution < -0.4 is 0 Å². The third-order valence-electron chi connectivity index (χ3n) is 2.24. The van der Waals surface area contributed by atoms with Crippen molar-refractivity contribution < 1.29 is 9.90 Å². The summed E-state index contributed by atoms with van der Waals surface area (Å²) in [6.07, 6.45) is 0. The van der Waals surface area contributed by atoms with Gasteiger partial charge in [-0.25, -0.2) is 0 Å². The molecule has 9 heavy (non-hydrogen) atoms. The zero-order valence-corrected chi connectivity index (χ0v) is 5.73. The van der Waals surface area contributed by atoms with Gasteiger partial charge in [0, 0.05) is 0 Å². The molecule has 1 N–H and O–H groups in total. The number of hydrogen-bond acceptors (Lipinski definition) is 2. The van der Waals surface area contributed by atoms with Gasteiger partial charge in [0.25, 0.3) is 0 Å². The zero-order valence-electron chi connectivity index (χ0n) is 4.91. The van der Waals surface area contributed by atoms with Crippen LogP contribution in [0.2, 0.25) is 0 Å². The Hall–Kier alpha value is -0.180. The van der Waals surface area contributed by atoms with E-state index < -0.39 is 5.97 Å². The Morgan fingerprint density at radius 2 is 2.00 bits per heavy atom. The molecule has 2 unspecified atom stereocenters. The molecule has 2 aliphatic rings. The predicted molar refractivity (Wildman–Crippen MR) is 35.4 cm³/mol. The molecule has 2 fully saturated rings. The van der Waals surface area contributed by atoms with Gasteiger partial charge >= 0.3 is 5.97 Å². The van der Waals surface area contributed by atoms with Gasteiger partial charge < -0.3 is 5.11 Å². The van der Waals surface area contributed by atoms with Crippen LogP contribution in [0.5, 0.6) is 0 Å². The third-order valence-corrected chi connectivity index (χ3v) is 3.48. The lowest BCUT2D eigenvalue weighted by atomic mass is 10.3. The normalized spacial score (nSPS) is 46.4. The van der Waals surface area contributed by atoms with E-state index in [2.05, 4.69) is 0 Å². The van der Waals surface area contributed by atoms with Gasteiger partial charge in [-0.2, -0.15) is 11.8 Å². The quantitative estimate of drug-likeness (QED) is 0.588. The van der Waals surface area contributed by atoms with Crippen LogP contribution in [0.1, 0.15) is 0 Å². The smallest absolute Gasteiger partial charge is 0.307 e. The van der Waals surface area contributed by atoms with Crippen LogP contribution in [0.4, 0.5) is 0 Å². The summed E-state index contributed by atoms with van der Waals surface area (Å²) in [6, 6.07) is 0. The maximum atomic E-state index is 10.4. The second-order valence-corrected chi connectivity index (χ2v) is 3.80. The van der Waals surface area contributed by atoms with Crippen molar-refractivity contribution in [2.24, 2.45) is 17.8 Å². The molecule has 2 rings (SSSR count). The van der Waals surface area contributed by atoms with Crippen LogP contribution >= 0.6 is 11.8 Å². The van der Waals surface area contributed by atoms with Crippen molar-refractivity contribution >= 4 is 17.7 Å². The van der Waals surface area contributed by atoms with Crippen LogP contribution in [0.3, 0.4) is 0 Å². The molecular weight excluding hydrogens is 136 g/mol. The standard InChI is InChI=1S/C6H8O2S/c7-6(8)5-3-1-9-2-4(3)5/h3-5H,1-2H2,(H,7,8). The van der Waals surface area contributed by atoms with Crippen molar-refractivity contribution in [3.63, 3.8) is 0 Å². The largest absolute Gasteiger partial charge is 0.481 e. The molecule has 1 aliphatic carbocycles. The molecule has 3 heteroatoms. The maximum Gasteiger partial charge on any atom is 0.307 e. The van der Waals surface area contributed by atoms with E-state index in [-0.39, 0.29) is 5.92 Å². The first-order valence-electron chi connectivity index (χ1n) is 3.11. The number of carboxylic acid groups (broad SMARTS) is 1. The van der Waals surface area contributed by atoms with E-state index in [1.807, 2.05) is 11.8 Å². The van der Waals surface area contributed by atoms with Crippen LogP contribution in [0.25, 0.3) is 0 Å². The average molecular weight is 144 g/mol. The summed E-state index contributed by atoms with van der Waals surface area (Å²) in [7, 11) is 0. The third kappa shape index (κ3) is 0.674. The van der Waals surface area contributed by atoms with Crippen molar-refractivity contribution in [3.8, 4) is 0 Å². The van der Waals surface area contributed by atoms with Gasteiger partial charge in [-0.3, -0.25) is 4.79 Å². The molecule has 0 aromatic heterocycles. The SMILES string of the molecule is O=C(O)C1C2CSCC21. The van der Waals surface area contributed by atoms with E-state index in [1.165, 1.54) is 0 Å². The summed E-state index contributed by atoms with van der Waals surface area (Å²) in [5.74, 6) is 2.69. The Labute approximate surface area is 57.6 Å². The van der Waals surface area contributed by atoms with Crippen molar-refractivity contribution in [2.75, 3.05) is 11.5 Å². The minimum Gasteiger partial charge on any atom is -0.481 e. The number of thioether (sulfide) groups is 1. The Balaban J connectivity index is 2.02. The Kier molecular flexibility index (Phi) is 1.03. The van der Waals surface area contributed by atoms with Crippen molar-refractivity contribution in [3.05, 3.63) is 0 Å². The van der Waals surface area contributed by atoms with Crippen LogP contribution in [0.15, 0.2) is 0 Å². The van der Waals surface area contributed by atoms with E-state index in [4.69, 9.17) is 5.11 Å². The average Bonchev–Trinajstić information content (AvgIpc) is 2.30. The lowest BCUT2D eigenvalue weighted by Gasteiger charge is -1.93. The highest BCUT2D eigenvalue weighted by molar-refractivity contribution is 7.99. The predicted octanol–water partition coefficient (Wildman–Crippen LogP) is 0.680. The topological polar surface area (TPSA) is 37.3 Å². The zero-order chi connectivity index (χ0) is 6.43. The second kappa shape index (κ2) is 1.66. The first-order valence-corrected chi connectivity index (χ1v) is 4.26. The number of rotatable bonds is 1. The minimum atomic E-state index is -0.578. The van der Waals surface area contributed by atoms with E-state index in [0.717, 1.165) is 11.5 Å². The molecular formula is C6H8O2S. The molecule has 1 saturated carbocycles. The van der Waals surface area contributed by atoms with Gasteiger partial charge in [0.15, 0.2) is 0 Å². The number of aliphatic carboxylic acids is 1. The molecule has 1 heterocycles. The van der Waals surface area contributed by atoms with Gasteiger partial charge in [-0.1, -0.05) is 0 Å². The van der Waals surface area contributed by atoms with Crippen molar-refractivity contribution in [1.29, 1.82) is 0 Å². The fraction of sp³-hybridized carbons (Fsp3) is 0.833. The first kappa shape index (κ1) is 5.59. The Morgan fingerprint density at radius 1 is 1.44 bits per heavy atom. The summed E-state index contributed by atoms with van der Waals surface area (Å²) >= 11 is 1.89. The molecule has 1 saturated heterocycles. The number of fused-ring (bicyclic) bond motifs is 1. The summed E-state index contributed by atoms with van der Waals surface area (Å²) < 4.78 is 0. The molecule has 0 aromatic carbocycles. The van der Waals surface area contributed by atoms with Crippen molar-refractivity contribution in [2.45, 2.75) is 0 Å². The molecule has 0 bridgehead atoms. The molecule has 0 amide bonds. The highest BCUT2D eigenvalue weighted by Gasteiger charge is 2.57. The van der Waals surface area contributed by atoms with Crippen LogP contribution in [-0.4, -0.2) is 22.6 Å². The van der Waals surface area contributed by atoms with Crippen LogP contribution in [0, 0.1) is 17.8 Å². The fourth-order valence-electron chi connectivity index (χ4n) is 1.61. The van der Waals surface area contributed by atoms with E-state index in [0.29, 0.717) is 11.8 Å². The van der Waals surface area contributed by atoms with E-state index in [1.54, 1.807) is 0 Å². The van der Waals surface area contributed by atoms with Crippen molar-refractivity contribution in [1.82, 2.24) is 0 Å². The lowest BCUT2D eigenvalue weighted by Crippen LogP contribution is -2.03. The molecule has 0 aromatic rings. The van der Waals surface area contributed by atoms with Gasteiger partial charge in [-0.15, -0.1) is 0 Å². The molecule has 0 spiro atoms. The second-order valence-electron chi connectivity index (χ2n) is 2.73. The number of hydrogen-bond donors (Lipinski definition) is 1. The highest BCUT2D eigenvalue weighted by atomic mass is 32.2. The van der Waals surface area contributed by atoms with Gasteiger partial charge in [0.1, 0.15) is 0 Å². The van der Waals surface area contributed by atoms with Crippen LogP contribution in [-0.2, 0) is 4.79 Å². The first-order chi connectivity index (χ1) is 4.30. The summed E-state index contributed by atoms with van der Waals surface area (Å²) in [5, 5.41) is 8.55. The van der Waals surface area contributed by atoms with E-state index >= 15 is 0 Å². The number of carbonyl (C=O) groups is 1. The number of carboxylic acids is 1. The van der Waals surface area contributed by atoms with Gasteiger partial charge in [0.2, 0.25) is 0 Å². The monoisotopic (exact) mass is 144 g/mol. The van der Waals surface area contributed by atoms with Gasteiger partial charge in [0.05, 0.1) is 5.92 Å². The maximum absolute atomic E-state index is 10.4. The van der Waals surface area contributed by atoms with E-state index in [9.17, 15) is 4.79 Å². The lowest BCUT2D eigenvalue weighted by molar-refractivity contribution is -0.139. The molecule has 2 atom stereocenters. The highest BCUT2D eigenvalue weighted by Crippen LogP contribution is 2.55. The molecule has 2 nitrogen and oxygen atoms in total. The Morgan fingerprint density at radius 3 is 2.33 bits per heavy atom. The van der Waals surface area contributed by atoms with Gasteiger partial charge in [-0.05, 0) is 23.3 Å². The summed E-state index contributed by atoms with van der Waals surface area (Å²) in [4.78, 5) is 10.4. The molecule has 0 radical (unpaired) electrons. The molecule has 1 aliphatic heterocycles. The molecule has 50 valence electrons. The Bertz CT molecular complexity index is 147. The summed E-state index contributed by atoms with van der Waals surface area (Å²) in [5.41, 5.74) is 0. The minimum absolute atomic E-state index is 0.0336. The summed E-state index contributed by atoms with van der Waals surface area (Å²) in [6.45, 7) is 0. The fourth-order valence-corrected chi connectivity index (χ4v) is 3.20.